The standard InChI is InChI=1S/C24H32N6O/c1-4-6-20-23-18(16-31-24(20)25-3)15-30(27-23)19-7-8-22(26-13-19)29-12-9-17-14-28(5-2)11-10-21(17)29/h4,6-8,13,15,17,21,25H,5,9-12,14,16H2,1-3H3/b6-4-. The van der Waals surface area contributed by atoms with Gasteiger partial charge in [0, 0.05) is 44.5 Å². The van der Waals surface area contributed by atoms with Crippen molar-refractivity contribution < 1.29 is 4.74 Å². The molecule has 0 spiro atoms. The number of piperidine rings is 1. The summed E-state index contributed by atoms with van der Waals surface area (Å²) >= 11 is 0. The Labute approximate surface area is 184 Å². The summed E-state index contributed by atoms with van der Waals surface area (Å²) in [4.78, 5) is 9.95. The first-order valence-electron chi connectivity index (χ1n) is 11.4. The predicted octanol–water partition coefficient (Wildman–Crippen LogP) is 3.18. The monoisotopic (exact) mass is 420 g/mol. The van der Waals surface area contributed by atoms with E-state index in [1.165, 1.54) is 25.9 Å². The molecule has 2 saturated heterocycles. The molecular weight excluding hydrogens is 388 g/mol. The molecule has 7 heteroatoms. The zero-order valence-corrected chi connectivity index (χ0v) is 18.7. The molecule has 7 nitrogen and oxygen atoms in total. The van der Waals surface area contributed by atoms with Gasteiger partial charge in [-0.2, -0.15) is 5.10 Å². The van der Waals surface area contributed by atoms with E-state index in [4.69, 9.17) is 14.8 Å². The van der Waals surface area contributed by atoms with Crippen LogP contribution in [0.5, 0.6) is 0 Å². The molecule has 0 amide bonds. The van der Waals surface area contributed by atoms with E-state index in [1.54, 1.807) is 0 Å². The third-order valence-electron chi connectivity index (χ3n) is 6.88. The van der Waals surface area contributed by atoms with Gasteiger partial charge in [-0.1, -0.05) is 19.1 Å². The molecule has 2 fully saturated rings. The molecule has 0 saturated carbocycles. The van der Waals surface area contributed by atoms with E-state index < -0.39 is 0 Å². The number of nitrogens with one attached hydrogen (secondary N) is 1. The SMILES string of the molecule is C/C=C\C1=C(NC)OCc2cn(-c3ccc(N4CCC5CN(CC)CCC54)nc3)nc21. The molecule has 0 bridgehead atoms. The van der Waals surface area contributed by atoms with Crippen molar-refractivity contribution in [2.45, 2.75) is 39.3 Å². The molecule has 3 aliphatic rings. The number of likely N-dealkylation sites (tertiary alicyclic amines) is 1. The maximum absolute atomic E-state index is 5.86. The maximum atomic E-state index is 5.86. The lowest BCUT2D eigenvalue weighted by Gasteiger charge is -2.37. The molecular formula is C24H32N6O. The fourth-order valence-electron chi connectivity index (χ4n) is 5.25. The number of ether oxygens (including phenoxy) is 1. The van der Waals surface area contributed by atoms with Gasteiger partial charge in [-0.05, 0) is 44.4 Å². The predicted molar refractivity (Wildman–Crippen MR) is 123 cm³/mol. The Hall–Kier alpha value is -2.80. The van der Waals surface area contributed by atoms with Crippen LogP contribution in [-0.4, -0.2) is 58.9 Å². The Morgan fingerprint density at radius 2 is 2.16 bits per heavy atom. The molecule has 2 unspecified atom stereocenters. The molecule has 2 aromatic rings. The van der Waals surface area contributed by atoms with Crippen LogP contribution in [0.15, 0.2) is 42.6 Å². The second-order valence-corrected chi connectivity index (χ2v) is 8.59. The zero-order chi connectivity index (χ0) is 21.4. The molecule has 0 aliphatic carbocycles. The highest BCUT2D eigenvalue weighted by Crippen LogP contribution is 2.34. The number of fused-ring (bicyclic) bond motifs is 2. The van der Waals surface area contributed by atoms with Crippen molar-refractivity contribution >= 4 is 11.4 Å². The van der Waals surface area contributed by atoms with Gasteiger partial charge in [0.25, 0.3) is 0 Å². The summed E-state index contributed by atoms with van der Waals surface area (Å²) in [6.45, 7) is 9.49. The molecule has 5 rings (SSSR count). The number of hydrogen-bond donors (Lipinski definition) is 1. The fraction of sp³-hybridized carbons (Fsp3) is 0.500. The van der Waals surface area contributed by atoms with E-state index >= 15 is 0 Å². The number of anilines is 1. The Morgan fingerprint density at radius 1 is 1.26 bits per heavy atom. The van der Waals surface area contributed by atoms with Gasteiger partial charge in [0.05, 0.1) is 17.5 Å². The quantitative estimate of drug-likeness (QED) is 0.802. The third-order valence-corrected chi connectivity index (χ3v) is 6.88. The van der Waals surface area contributed by atoms with Gasteiger partial charge in [-0.15, -0.1) is 0 Å². The fourth-order valence-corrected chi connectivity index (χ4v) is 5.25. The first kappa shape index (κ1) is 20.1. The van der Waals surface area contributed by atoms with E-state index in [0.29, 0.717) is 12.6 Å². The lowest BCUT2D eigenvalue weighted by atomic mass is 9.93. The second kappa shape index (κ2) is 8.38. The van der Waals surface area contributed by atoms with Crippen LogP contribution in [0.2, 0.25) is 0 Å². The Bertz CT molecular complexity index is 992. The molecule has 2 aromatic heterocycles. The summed E-state index contributed by atoms with van der Waals surface area (Å²) in [5.41, 5.74) is 4.00. The Balaban J connectivity index is 1.37. The molecule has 0 radical (unpaired) electrons. The summed E-state index contributed by atoms with van der Waals surface area (Å²) in [7, 11) is 1.87. The highest BCUT2D eigenvalue weighted by atomic mass is 16.5. The topological polar surface area (TPSA) is 58.5 Å². The number of aromatic nitrogens is 3. The molecule has 3 aliphatic heterocycles. The summed E-state index contributed by atoms with van der Waals surface area (Å²) < 4.78 is 7.77. The van der Waals surface area contributed by atoms with Gasteiger partial charge in [0.2, 0.25) is 0 Å². The number of rotatable bonds is 5. The lowest BCUT2D eigenvalue weighted by molar-refractivity contribution is 0.176. The van der Waals surface area contributed by atoms with Crippen LogP contribution in [0.25, 0.3) is 11.3 Å². The number of hydrogen-bond acceptors (Lipinski definition) is 6. The summed E-state index contributed by atoms with van der Waals surface area (Å²) in [6, 6.07) is 4.92. The summed E-state index contributed by atoms with van der Waals surface area (Å²) in [5, 5.41) is 7.99. The van der Waals surface area contributed by atoms with E-state index in [9.17, 15) is 0 Å². The Kier molecular flexibility index (Phi) is 5.44. The Morgan fingerprint density at radius 3 is 2.90 bits per heavy atom. The lowest BCUT2D eigenvalue weighted by Crippen LogP contribution is -2.46. The van der Waals surface area contributed by atoms with Crippen molar-refractivity contribution in [1.82, 2.24) is 25.0 Å². The average Bonchev–Trinajstić information content (AvgIpc) is 3.43. The highest BCUT2D eigenvalue weighted by molar-refractivity contribution is 5.76. The molecule has 164 valence electrons. The van der Waals surface area contributed by atoms with Crippen LogP contribution in [0, 0.1) is 5.92 Å². The second-order valence-electron chi connectivity index (χ2n) is 8.59. The van der Waals surface area contributed by atoms with Gasteiger partial charge in [-0.3, -0.25) is 0 Å². The maximum Gasteiger partial charge on any atom is 0.196 e. The largest absolute Gasteiger partial charge is 0.474 e. The van der Waals surface area contributed by atoms with Crippen LogP contribution >= 0.6 is 0 Å². The minimum atomic E-state index is 0.518. The van der Waals surface area contributed by atoms with Gasteiger partial charge in [-0.25, -0.2) is 9.67 Å². The van der Waals surface area contributed by atoms with Crippen molar-refractivity contribution in [3.63, 3.8) is 0 Å². The van der Waals surface area contributed by atoms with E-state index in [0.717, 1.165) is 53.2 Å². The van der Waals surface area contributed by atoms with Gasteiger partial charge in [0.15, 0.2) is 5.88 Å². The number of pyridine rings is 1. The minimum Gasteiger partial charge on any atom is -0.474 e. The van der Waals surface area contributed by atoms with E-state index in [2.05, 4.69) is 34.2 Å². The smallest absolute Gasteiger partial charge is 0.196 e. The average molecular weight is 421 g/mol. The first-order chi connectivity index (χ1) is 15.2. The molecule has 2 atom stereocenters. The van der Waals surface area contributed by atoms with Crippen molar-refractivity contribution in [3.05, 3.63) is 53.8 Å². The van der Waals surface area contributed by atoms with Crippen LogP contribution in [0.3, 0.4) is 0 Å². The molecule has 0 aromatic carbocycles. The molecule has 1 N–H and O–H groups in total. The van der Waals surface area contributed by atoms with Crippen molar-refractivity contribution in [3.8, 4) is 5.69 Å². The van der Waals surface area contributed by atoms with E-state index in [1.807, 2.05) is 43.2 Å². The van der Waals surface area contributed by atoms with Crippen molar-refractivity contribution in [1.29, 1.82) is 0 Å². The molecule has 31 heavy (non-hydrogen) atoms. The van der Waals surface area contributed by atoms with Crippen LogP contribution in [-0.2, 0) is 11.3 Å². The highest BCUT2D eigenvalue weighted by Gasteiger charge is 2.38. The normalized spacial score (nSPS) is 23.8. The van der Waals surface area contributed by atoms with Crippen LogP contribution in [0.4, 0.5) is 5.82 Å². The van der Waals surface area contributed by atoms with E-state index in [-0.39, 0.29) is 0 Å². The summed E-state index contributed by atoms with van der Waals surface area (Å²) in [5.74, 6) is 2.63. The van der Waals surface area contributed by atoms with Crippen molar-refractivity contribution in [2.24, 2.45) is 5.92 Å². The number of allylic oxidation sites excluding steroid dienone is 3. The van der Waals surface area contributed by atoms with Crippen LogP contribution in [0.1, 0.15) is 37.9 Å². The van der Waals surface area contributed by atoms with Gasteiger partial charge >= 0.3 is 0 Å². The van der Waals surface area contributed by atoms with Crippen molar-refractivity contribution in [2.75, 3.05) is 38.1 Å². The van der Waals surface area contributed by atoms with Crippen LogP contribution < -0.4 is 10.2 Å². The third kappa shape index (κ3) is 3.61. The molecule has 5 heterocycles. The van der Waals surface area contributed by atoms with Gasteiger partial charge in [0.1, 0.15) is 18.1 Å². The zero-order valence-electron chi connectivity index (χ0n) is 18.7. The summed E-state index contributed by atoms with van der Waals surface area (Å²) in [6.07, 6.45) is 10.5. The minimum absolute atomic E-state index is 0.518. The number of nitrogens with zero attached hydrogens (tertiary/aromatic N) is 5. The first-order valence-corrected chi connectivity index (χ1v) is 11.4. The van der Waals surface area contributed by atoms with Gasteiger partial charge < -0.3 is 19.9 Å².